The molecule has 0 radical (unpaired) electrons. The van der Waals surface area contributed by atoms with E-state index >= 15 is 0 Å². The number of nitrogens with zero attached hydrogens (tertiary/aromatic N) is 1. The Hall–Kier alpha value is -1.84. The van der Waals surface area contributed by atoms with Crippen molar-refractivity contribution in [3.63, 3.8) is 0 Å². The summed E-state index contributed by atoms with van der Waals surface area (Å²) in [5.74, 6) is 0.745. The van der Waals surface area contributed by atoms with Gasteiger partial charge in [-0.2, -0.15) is 5.10 Å². The zero-order valence-corrected chi connectivity index (χ0v) is 11.1. The van der Waals surface area contributed by atoms with E-state index in [1.807, 2.05) is 38.1 Å². The smallest absolute Gasteiger partial charge is 0.277 e. The topological polar surface area (TPSA) is 50.7 Å². The molecule has 0 heterocycles. The van der Waals surface area contributed by atoms with Gasteiger partial charge in [-0.05, 0) is 30.0 Å². The van der Waals surface area contributed by atoms with E-state index in [4.69, 9.17) is 4.74 Å². The fraction of sp³-hybridized carbons (Fsp3) is 0.429. The lowest BCUT2D eigenvalue weighted by Crippen LogP contribution is -2.24. The first-order chi connectivity index (χ1) is 8.61. The summed E-state index contributed by atoms with van der Waals surface area (Å²) in [6, 6.07) is 7.71. The Balaban J connectivity index is 2.33. The van der Waals surface area contributed by atoms with Crippen LogP contribution in [-0.2, 0) is 11.2 Å². The number of benzene rings is 1. The van der Waals surface area contributed by atoms with Crippen LogP contribution < -0.4 is 10.2 Å². The molecule has 0 atom stereocenters. The van der Waals surface area contributed by atoms with Crippen LogP contribution in [0.15, 0.2) is 29.4 Å². The van der Waals surface area contributed by atoms with Crippen LogP contribution in [0.4, 0.5) is 0 Å². The molecule has 1 rings (SSSR count). The summed E-state index contributed by atoms with van der Waals surface area (Å²) in [7, 11) is 0. The molecule has 0 saturated heterocycles. The van der Waals surface area contributed by atoms with Crippen molar-refractivity contribution in [2.75, 3.05) is 6.61 Å². The Kier molecular flexibility index (Phi) is 5.91. The van der Waals surface area contributed by atoms with Crippen LogP contribution in [0.2, 0.25) is 0 Å². The van der Waals surface area contributed by atoms with Crippen LogP contribution in [0, 0.1) is 5.92 Å². The van der Waals surface area contributed by atoms with Crippen LogP contribution in [-0.4, -0.2) is 18.7 Å². The van der Waals surface area contributed by atoms with Gasteiger partial charge in [-0.15, -0.1) is 0 Å². The van der Waals surface area contributed by atoms with Crippen LogP contribution >= 0.6 is 0 Å². The SMILES string of the molecule is CCc1ccc(OCC(=O)NN=CC(C)C)cc1. The van der Waals surface area contributed by atoms with Gasteiger partial charge in [0.1, 0.15) is 5.75 Å². The molecular weight excluding hydrogens is 228 g/mol. The molecule has 0 spiro atoms. The Morgan fingerprint density at radius 2 is 2.06 bits per heavy atom. The highest BCUT2D eigenvalue weighted by molar-refractivity contribution is 5.78. The quantitative estimate of drug-likeness (QED) is 0.620. The molecule has 0 saturated carbocycles. The lowest BCUT2D eigenvalue weighted by Gasteiger charge is -2.05. The summed E-state index contributed by atoms with van der Waals surface area (Å²) < 4.78 is 5.34. The Morgan fingerprint density at radius 3 is 2.61 bits per heavy atom. The predicted octanol–water partition coefficient (Wildman–Crippen LogP) is 2.39. The molecule has 0 aliphatic heterocycles. The van der Waals surface area contributed by atoms with Crippen molar-refractivity contribution in [1.82, 2.24) is 5.43 Å². The number of ether oxygens (including phenoxy) is 1. The molecule has 1 aromatic carbocycles. The Morgan fingerprint density at radius 1 is 1.39 bits per heavy atom. The van der Waals surface area contributed by atoms with Crippen LogP contribution in [0.3, 0.4) is 0 Å². The van der Waals surface area contributed by atoms with Crippen molar-refractivity contribution in [2.24, 2.45) is 11.0 Å². The fourth-order valence-corrected chi connectivity index (χ4v) is 1.26. The minimum atomic E-state index is -0.258. The first kappa shape index (κ1) is 14.2. The Bertz CT molecular complexity index is 397. The second-order valence-corrected chi connectivity index (χ2v) is 4.34. The maximum absolute atomic E-state index is 11.4. The average Bonchev–Trinajstić information content (AvgIpc) is 2.36. The normalized spacial score (nSPS) is 10.9. The van der Waals surface area contributed by atoms with E-state index in [0.29, 0.717) is 11.7 Å². The number of rotatable bonds is 6. The largest absolute Gasteiger partial charge is 0.484 e. The van der Waals surface area contributed by atoms with Crippen molar-refractivity contribution in [3.05, 3.63) is 29.8 Å². The van der Waals surface area contributed by atoms with E-state index < -0.39 is 0 Å². The molecule has 0 aliphatic carbocycles. The number of nitrogens with one attached hydrogen (secondary N) is 1. The standard InChI is InChI=1S/C14H20N2O2/c1-4-12-5-7-13(8-6-12)18-10-14(17)16-15-9-11(2)3/h5-9,11H,4,10H2,1-3H3,(H,16,17). The van der Waals surface area contributed by atoms with E-state index in [1.165, 1.54) is 5.56 Å². The molecule has 18 heavy (non-hydrogen) atoms. The van der Waals surface area contributed by atoms with Gasteiger partial charge in [-0.25, -0.2) is 5.43 Å². The van der Waals surface area contributed by atoms with E-state index in [1.54, 1.807) is 6.21 Å². The minimum absolute atomic E-state index is 0.0269. The molecule has 4 nitrogen and oxygen atoms in total. The highest BCUT2D eigenvalue weighted by Gasteiger charge is 2.01. The molecule has 0 aromatic heterocycles. The van der Waals surface area contributed by atoms with Crippen molar-refractivity contribution >= 4 is 12.1 Å². The van der Waals surface area contributed by atoms with E-state index in [2.05, 4.69) is 17.5 Å². The number of aryl methyl sites for hydroxylation is 1. The highest BCUT2D eigenvalue weighted by Crippen LogP contribution is 2.12. The molecule has 0 bridgehead atoms. The molecule has 1 N–H and O–H groups in total. The van der Waals surface area contributed by atoms with Gasteiger partial charge in [0, 0.05) is 6.21 Å². The third kappa shape index (κ3) is 5.48. The van der Waals surface area contributed by atoms with Gasteiger partial charge in [-0.3, -0.25) is 4.79 Å². The summed E-state index contributed by atoms with van der Waals surface area (Å²) in [5.41, 5.74) is 3.66. The number of hydrazone groups is 1. The second kappa shape index (κ2) is 7.48. The van der Waals surface area contributed by atoms with Gasteiger partial charge in [0.15, 0.2) is 6.61 Å². The third-order valence-electron chi connectivity index (χ3n) is 2.26. The predicted molar refractivity (Wildman–Crippen MR) is 72.8 cm³/mol. The first-order valence-electron chi connectivity index (χ1n) is 6.15. The lowest BCUT2D eigenvalue weighted by atomic mass is 10.2. The molecule has 1 aromatic rings. The molecule has 0 fully saturated rings. The summed E-state index contributed by atoms with van der Waals surface area (Å²) in [6.45, 7) is 6.04. The van der Waals surface area contributed by atoms with Gasteiger partial charge in [0.2, 0.25) is 0 Å². The van der Waals surface area contributed by atoms with Crippen LogP contribution in [0.25, 0.3) is 0 Å². The van der Waals surface area contributed by atoms with Crippen molar-refractivity contribution in [3.8, 4) is 5.75 Å². The number of carbonyl (C=O) groups is 1. The van der Waals surface area contributed by atoms with Gasteiger partial charge in [0.05, 0.1) is 0 Å². The fourth-order valence-electron chi connectivity index (χ4n) is 1.26. The molecule has 0 unspecified atom stereocenters. The minimum Gasteiger partial charge on any atom is -0.484 e. The van der Waals surface area contributed by atoms with Crippen molar-refractivity contribution in [1.29, 1.82) is 0 Å². The molecule has 98 valence electrons. The molecule has 0 aliphatic rings. The van der Waals surface area contributed by atoms with E-state index in [9.17, 15) is 4.79 Å². The maximum Gasteiger partial charge on any atom is 0.277 e. The van der Waals surface area contributed by atoms with Crippen molar-refractivity contribution in [2.45, 2.75) is 27.2 Å². The van der Waals surface area contributed by atoms with Gasteiger partial charge < -0.3 is 4.74 Å². The number of hydrogen-bond donors (Lipinski definition) is 1. The summed E-state index contributed by atoms with van der Waals surface area (Å²) >= 11 is 0. The molecular formula is C14H20N2O2. The van der Waals surface area contributed by atoms with Crippen LogP contribution in [0.1, 0.15) is 26.3 Å². The summed E-state index contributed by atoms with van der Waals surface area (Å²) in [4.78, 5) is 11.4. The van der Waals surface area contributed by atoms with Gasteiger partial charge >= 0.3 is 0 Å². The van der Waals surface area contributed by atoms with Gasteiger partial charge in [0.25, 0.3) is 5.91 Å². The van der Waals surface area contributed by atoms with Crippen LogP contribution in [0.5, 0.6) is 5.75 Å². The second-order valence-electron chi connectivity index (χ2n) is 4.34. The molecule has 1 amide bonds. The lowest BCUT2D eigenvalue weighted by molar-refractivity contribution is -0.123. The zero-order valence-electron chi connectivity index (χ0n) is 11.1. The van der Waals surface area contributed by atoms with E-state index in [0.717, 1.165) is 6.42 Å². The van der Waals surface area contributed by atoms with E-state index in [-0.39, 0.29) is 12.5 Å². The first-order valence-corrected chi connectivity index (χ1v) is 6.15. The Labute approximate surface area is 108 Å². The average molecular weight is 248 g/mol. The maximum atomic E-state index is 11.4. The number of carbonyl (C=O) groups excluding carboxylic acids is 1. The van der Waals surface area contributed by atoms with Gasteiger partial charge in [-0.1, -0.05) is 32.9 Å². The third-order valence-corrected chi connectivity index (χ3v) is 2.26. The highest BCUT2D eigenvalue weighted by atomic mass is 16.5. The zero-order chi connectivity index (χ0) is 13.4. The monoisotopic (exact) mass is 248 g/mol. The summed E-state index contributed by atoms with van der Waals surface area (Å²) in [6.07, 6.45) is 2.67. The summed E-state index contributed by atoms with van der Waals surface area (Å²) in [5, 5.41) is 3.81. The number of amides is 1. The number of hydrogen-bond acceptors (Lipinski definition) is 3. The van der Waals surface area contributed by atoms with Crippen molar-refractivity contribution < 1.29 is 9.53 Å². The molecule has 4 heteroatoms.